The predicted molar refractivity (Wildman–Crippen MR) is 88.9 cm³/mol. The Morgan fingerprint density at radius 3 is 2.61 bits per heavy atom. The number of nitrogens with zero attached hydrogens (tertiary/aromatic N) is 3. The third-order valence-electron chi connectivity index (χ3n) is 4.91. The Hall–Kier alpha value is -2.17. The minimum Gasteiger partial charge on any atom is -0.355 e. The third-order valence-corrected chi connectivity index (χ3v) is 4.91. The summed E-state index contributed by atoms with van der Waals surface area (Å²) in [6, 6.07) is 10.2. The van der Waals surface area contributed by atoms with Gasteiger partial charge in [-0.05, 0) is 18.4 Å². The van der Waals surface area contributed by atoms with Crippen LogP contribution in [-0.2, 0) is 23.7 Å². The van der Waals surface area contributed by atoms with Crippen LogP contribution in [0.3, 0.4) is 0 Å². The van der Waals surface area contributed by atoms with Gasteiger partial charge in [-0.3, -0.25) is 9.48 Å². The van der Waals surface area contributed by atoms with Crippen molar-refractivity contribution in [1.29, 1.82) is 0 Å². The Balaban J connectivity index is 1.70. The van der Waals surface area contributed by atoms with E-state index in [0.717, 1.165) is 37.1 Å². The Morgan fingerprint density at radius 1 is 1.22 bits per heavy atom. The van der Waals surface area contributed by atoms with Crippen LogP contribution in [0.4, 0.5) is 0 Å². The zero-order valence-electron chi connectivity index (χ0n) is 13.7. The highest BCUT2D eigenvalue weighted by atomic mass is 16.2. The smallest absolute Gasteiger partial charge is 0.230 e. The average molecular weight is 312 g/mol. The molecule has 0 unspecified atom stereocenters. The number of hydrogen-bond acceptors (Lipinski definition) is 3. The molecule has 122 valence electrons. The van der Waals surface area contributed by atoms with Crippen molar-refractivity contribution in [3.8, 4) is 0 Å². The van der Waals surface area contributed by atoms with E-state index in [1.54, 1.807) is 11.0 Å². The number of benzene rings is 1. The molecule has 0 radical (unpaired) electrons. The second kappa shape index (κ2) is 6.94. The van der Waals surface area contributed by atoms with E-state index in [1.807, 2.05) is 25.2 Å². The standard InChI is InChI=1S/C18H24N4O/c1-22-16(20-14-21-22)10-13-19-17(23)18(11-6-3-7-12-18)15-8-4-2-5-9-15/h2,4-5,8-9,14H,3,6-7,10-13H2,1H3,(H,19,23). The van der Waals surface area contributed by atoms with Crippen LogP contribution in [0.25, 0.3) is 0 Å². The molecule has 1 N–H and O–H groups in total. The lowest BCUT2D eigenvalue weighted by Crippen LogP contribution is -2.46. The summed E-state index contributed by atoms with van der Waals surface area (Å²) >= 11 is 0. The maximum Gasteiger partial charge on any atom is 0.230 e. The molecule has 0 spiro atoms. The van der Waals surface area contributed by atoms with Gasteiger partial charge < -0.3 is 5.32 Å². The van der Waals surface area contributed by atoms with Crippen LogP contribution in [0.15, 0.2) is 36.7 Å². The van der Waals surface area contributed by atoms with Gasteiger partial charge in [0.25, 0.3) is 0 Å². The van der Waals surface area contributed by atoms with Crippen LogP contribution >= 0.6 is 0 Å². The summed E-state index contributed by atoms with van der Waals surface area (Å²) in [5, 5.41) is 7.20. The van der Waals surface area contributed by atoms with Crippen molar-refractivity contribution < 1.29 is 4.79 Å². The Morgan fingerprint density at radius 2 is 1.96 bits per heavy atom. The van der Waals surface area contributed by atoms with E-state index in [-0.39, 0.29) is 11.3 Å². The molecule has 1 amide bonds. The number of carbonyl (C=O) groups is 1. The molecule has 5 heteroatoms. The van der Waals surface area contributed by atoms with E-state index in [2.05, 4.69) is 27.5 Å². The van der Waals surface area contributed by atoms with Crippen molar-refractivity contribution >= 4 is 5.91 Å². The molecule has 3 rings (SSSR count). The SMILES string of the molecule is Cn1ncnc1CCNC(=O)C1(c2ccccc2)CCCCC1. The first-order valence-electron chi connectivity index (χ1n) is 8.39. The van der Waals surface area contributed by atoms with Crippen LogP contribution < -0.4 is 5.32 Å². The molecule has 1 aromatic heterocycles. The highest BCUT2D eigenvalue weighted by molar-refractivity contribution is 5.88. The Kier molecular flexibility index (Phi) is 4.74. The second-order valence-corrected chi connectivity index (χ2v) is 6.31. The van der Waals surface area contributed by atoms with Gasteiger partial charge in [0, 0.05) is 20.0 Å². The topological polar surface area (TPSA) is 59.8 Å². The zero-order valence-corrected chi connectivity index (χ0v) is 13.7. The number of aromatic nitrogens is 3. The van der Waals surface area contributed by atoms with Crippen molar-refractivity contribution in [2.75, 3.05) is 6.54 Å². The van der Waals surface area contributed by atoms with E-state index >= 15 is 0 Å². The summed E-state index contributed by atoms with van der Waals surface area (Å²) in [6.45, 7) is 0.597. The summed E-state index contributed by atoms with van der Waals surface area (Å²) in [6.07, 6.45) is 7.58. The second-order valence-electron chi connectivity index (χ2n) is 6.31. The van der Waals surface area contributed by atoms with Gasteiger partial charge in [-0.15, -0.1) is 0 Å². The molecule has 1 heterocycles. The number of aryl methyl sites for hydroxylation is 1. The molecule has 0 aliphatic heterocycles. The van der Waals surface area contributed by atoms with Gasteiger partial charge in [0.05, 0.1) is 5.41 Å². The predicted octanol–water partition coefficient (Wildman–Crippen LogP) is 2.38. The van der Waals surface area contributed by atoms with Crippen LogP contribution in [0.5, 0.6) is 0 Å². The quantitative estimate of drug-likeness (QED) is 0.922. The fourth-order valence-corrected chi connectivity index (χ4v) is 3.56. The molecule has 0 bridgehead atoms. The van der Waals surface area contributed by atoms with Gasteiger partial charge in [-0.25, -0.2) is 4.98 Å². The first kappa shape index (κ1) is 15.7. The van der Waals surface area contributed by atoms with Crippen molar-refractivity contribution in [3.05, 3.63) is 48.0 Å². The van der Waals surface area contributed by atoms with Crippen molar-refractivity contribution in [2.24, 2.45) is 7.05 Å². The van der Waals surface area contributed by atoms with Gasteiger partial charge in [0.15, 0.2) is 0 Å². The zero-order chi connectivity index (χ0) is 16.1. The molecule has 1 saturated carbocycles. The fourth-order valence-electron chi connectivity index (χ4n) is 3.56. The number of carbonyl (C=O) groups excluding carboxylic acids is 1. The summed E-state index contributed by atoms with van der Waals surface area (Å²) in [7, 11) is 1.87. The molecule has 1 aliphatic carbocycles. The van der Waals surface area contributed by atoms with Crippen LogP contribution in [0, 0.1) is 0 Å². The largest absolute Gasteiger partial charge is 0.355 e. The molecule has 5 nitrogen and oxygen atoms in total. The van der Waals surface area contributed by atoms with E-state index in [0.29, 0.717) is 13.0 Å². The normalized spacial score (nSPS) is 16.9. The van der Waals surface area contributed by atoms with Crippen LogP contribution in [-0.4, -0.2) is 27.2 Å². The van der Waals surface area contributed by atoms with Gasteiger partial charge in [0.2, 0.25) is 5.91 Å². The monoisotopic (exact) mass is 312 g/mol. The maximum atomic E-state index is 13.0. The summed E-state index contributed by atoms with van der Waals surface area (Å²) < 4.78 is 1.75. The fraction of sp³-hybridized carbons (Fsp3) is 0.500. The minimum absolute atomic E-state index is 0.158. The first-order valence-corrected chi connectivity index (χ1v) is 8.39. The molecule has 1 aromatic carbocycles. The molecule has 2 aromatic rings. The van der Waals surface area contributed by atoms with E-state index < -0.39 is 0 Å². The third kappa shape index (κ3) is 3.28. The molecule has 1 aliphatic rings. The molecular weight excluding hydrogens is 288 g/mol. The average Bonchev–Trinajstić information content (AvgIpc) is 3.01. The van der Waals surface area contributed by atoms with E-state index in [9.17, 15) is 4.79 Å². The highest BCUT2D eigenvalue weighted by Gasteiger charge is 2.40. The lowest BCUT2D eigenvalue weighted by molar-refractivity contribution is -0.128. The minimum atomic E-state index is -0.362. The number of amides is 1. The van der Waals surface area contributed by atoms with Gasteiger partial charge in [-0.2, -0.15) is 5.10 Å². The lowest BCUT2D eigenvalue weighted by atomic mass is 9.68. The number of nitrogens with one attached hydrogen (secondary N) is 1. The molecule has 1 fully saturated rings. The summed E-state index contributed by atoms with van der Waals surface area (Å²) in [4.78, 5) is 17.2. The van der Waals surface area contributed by atoms with Crippen molar-refractivity contribution in [1.82, 2.24) is 20.1 Å². The lowest BCUT2D eigenvalue weighted by Gasteiger charge is -2.36. The molecule has 0 saturated heterocycles. The van der Waals surface area contributed by atoms with Gasteiger partial charge >= 0.3 is 0 Å². The number of rotatable bonds is 5. The molecular formula is C18H24N4O. The van der Waals surface area contributed by atoms with Crippen molar-refractivity contribution in [2.45, 2.75) is 43.9 Å². The molecule has 0 atom stereocenters. The highest BCUT2D eigenvalue weighted by Crippen LogP contribution is 2.39. The summed E-state index contributed by atoms with van der Waals surface area (Å²) in [5.41, 5.74) is 0.787. The van der Waals surface area contributed by atoms with E-state index in [1.165, 1.54) is 6.42 Å². The van der Waals surface area contributed by atoms with Crippen molar-refractivity contribution in [3.63, 3.8) is 0 Å². The van der Waals surface area contributed by atoms with Gasteiger partial charge in [0.1, 0.15) is 12.2 Å². The van der Waals surface area contributed by atoms with Crippen LogP contribution in [0.1, 0.15) is 43.5 Å². The maximum absolute atomic E-state index is 13.0. The van der Waals surface area contributed by atoms with Crippen LogP contribution in [0.2, 0.25) is 0 Å². The number of hydrogen-bond donors (Lipinski definition) is 1. The van der Waals surface area contributed by atoms with Gasteiger partial charge in [-0.1, -0.05) is 49.6 Å². The molecule has 23 heavy (non-hydrogen) atoms. The Bertz CT molecular complexity index is 644. The first-order chi connectivity index (χ1) is 11.2. The van der Waals surface area contributed by atoms with E-state index in [4.69, 9.17) is 0 Å². The summed E-state index contributed by atoms with van der Waals surface area (Å²) in [5.74, 6) is 1.05. The Labute approximate surface area is 137 Å².